The van der Waals surface area contributed by atoms with Crippen LogP contribution in [0.5, 0.6) is 11.5 Å². The summed E-state index contributed by atoms with van der Waals surface area (Å²) in [7, 11) is 0. The first-order valence-corrected chi connectivity index (χ1v) is 13.4. The van der Waals surface area contributed by atoms with Crippen LogP contribution in [0, 0.1) is 18.2 Å². The molecule has 3 aromatic rings. The molecule has 0 spiro atoms. The fourth-order valence-corrected chi connectivity index (χ4v) is 5.23. The number of para-hydroxylation sites is 1. The average molecular weight is 543 g/mol. The zero-order chi connectivity index (χ0) is 28.6. The lowest BCUT2D eigenvalue weighted by atomic mass is 9.85. The van der Waals surface area contributed by atoms with Crippen molar-refractivity contribution in [1.29, 1.82) is 0 Å². The second kappa shape index (κ2) is 10.7. The highest BCUT2D eigenvalue weighted by Crippen LogP contribution is 2.50. The third-order valence-electron chi connectivity index (χ3n) is 7.26. The Kier molecular flexibility index (Phi) is 7.32. The monoisotopic (exact) mass is 542 g/mol. The van der Waals surface area contributed by atoms with Crippen molar-refractivity contribution < 1.29 is 23.8 Å². The number of halogens is 1. The Labute approximate surface area is 234 Å². The quantitative estimate of drug-likeness (QED) is 0.255. The average Bonchev–Trinajstić information content (AvgIpc) is 3.03. The fourth-order valence-electron chi connectivity index (χ4n) is 5.23. The molecule has 0 fully saturated rings. The molecule has 40 heavy (non-hydrogen) atoms. The maximum Gasteiger partial charge on any atom is 0.232 e. The number of benzene rings is 3. The largest absolute Gasteiger partial charge is 0.506 e. The van der Waals surface area contributed by atoms with Crippen LogP contribution in [-0.4, -0.2) is 24.2 Å². The Hall–Kier alpha value is -4.26. The number of hydrogen-bond donors (Lipinski definition) is 2. The summed E-state index contributed by atoms with van der Waals surface area (Å²) in [5.74, 6) is 0.0410. The van der Waals surface area contributed by atoms with E-state index in [9.17, 15) is 9.90 Å². The summed E-state index contributed by atoms with van der Waals surface area (Å²) in [4.78, 5) is 15.8. The minimum atomic E-state index is -0.909. The van der Waals surface area contributed by atoms with Crippen LogP contribution in [0.3, 0.4) is 0 Å². The van der Waals surface area contributed by atoms with Gasteiger partial charge < -0.3 is 19.9 Å². The van der Waals surface area contributed by atoms with Crippen molar-refractivity contribution in [1.82, 2.24) is 0 Å². The molecule has 2 heterocycles. The molecule has 0 aromatic heterocycles. The standard InChI is InChI=1S/C33H35FN2O4/c1-20(2)18-39-23-13-14-24(25(34)16-23)31-32-26(17-33(4,5)19-40-32)35-30-27(11-8-12-28(30)37)36(31)29(38)15-22-10-7-6-9-21(22)3/h6-14,16,31,35,37H,1,15,17-19H2,2-5H3/t31-/m0/s1. The van der Waals surface area contributed by atoms with Crippen LogP contribution < -0.4 is 15.0 Å². The van der Waals surface area contributed by atoms with Crippen LogP contribution in [0.15, 0.2) is 84.3 Å². The summed E-state index contributed by atoms with van der Waals surface area (Å²) in [5.41, 5.74) is 4.27. The highest BCUT2D eigenvalue weighted by molar-refractivity contribution is 6.01. The predicted octanol–water partition coefficient (Wildman–Crippen LogP) is 7.20. The third kappa shape index (κ3) is 5.41. The first-order valence-electron chi connectivity index (χ1n) is 13.4. The van der Waals surface area contributed by atoms with Crippen molar-refractivity contribution in [3.05, 3.63) is 107 Å². The molecule has 1 amide bonds. The van der Waals surface area contributed by atoms with E-state index in [1.165, 1.54) is 6.07 Å². The van der Waals surface area contributed by atoms with Gasteiger partial charge >= 0.3 is 0 Å². The van der Waals surface area contributed by atoms with E-state index < -0.39 is 11.9 Å². The van der Waals surface area contributed by atoms with Gasteiger partial charge in [-0.15, -0.1) is 0 Å². The molecule has 5 rings (SSSR count). The van der Waals surface area contributed by atoms with Gasteiger partial charge in [-0.3, -0.25) is 9.69 Å². The number of carbonyl (C=O) groups is 1. The number of hydrogen-bond acceptors (Lipinski definition) is 5. The number of fused-ring (bicyclic) bond motifs is 1. The van der Waals surface area contributed by atoms with E-state index >= 15 is 4.39 Å². The van der Waals surface area contributed by atoms with Gasteiger partial charge in [-0.1, -0.05) is 50.8 Å². The Morgan fingerprint density at radius 3 is 2.70 bits per heavy atom. The number of anilines is 2. The van der Waals surface area contributed by atoms with E-state index in [1.54, 1.807) is 35.2 Å². The molecule has 6 nitrogen and oxygen atoms in total. The molecule has 0 unspecified atom stereocenters. The van der Waals surface area contributed by atoms with Crippen LogP contribution in [0.25, 0.3) is 0 Å². The summed E-state index contributed by atoms with van der Waals surface area (Å²) in [6, 6.07) is 16.5. The first-order chi connectivity index (χ1) is 19.0. The Bertz CT molecular complexity index is 1510. The van der Waals surface area contributed by atoms with Gasteiger partial charge in [0.15, 0.2) is 0 Å². The lowest BCUT2D eigenvalue weighted by Gasteiger charge is -2.38. The topological polar surface area (TPSA) is 71.0 Å². The molecule has 2 aliphatic heterocycles. The van der Waals surface area contributed by atoms with E-state index in [1.807, 2.05) is 38.1 Å². The summed E-state index contributed by atoms with van der Waals surface area (Å²) >= 11 is 0. The molecule has 0 saturated carbocycles. The number of aromatic hydroxyl groups is 1. The lowest BCUT2D eigenvalue weighted by molar-refractivity contribution is -0.118. The number of carbonyl (C=O) groups excluding carboxylic acids is 1. The molecular formula is C33H35FN2O4. The Morgan fingerprint density at radius 2 is 1.98 bits per heavy atom. The van der Waals surface area contributed by atoms with Crippen molar-refractivity contribution in [2.45, 2.75) is 46.6 Å². The molecule has 2 N–H and O–H groups in total. The molecule has 7 heteroatoms. The molecule has 3 aromatic carbocycles. The normalized spacial score (nSPS) is 17.6. The third-order valence-corrected chi connectivity index (χ3v) is 7.26. The molecule has 0 saturated heterocycles. The van der Waals surface area contributed by atoms with Crippen LogP contribution in [0.4, 0.5) is 15.8 Å². The lowest BCUT2D eigenvalue weighted by Crippen LogP contribution is -2.39. The summed E-state index contributed by atoms with van der Waals surface area (Å²) in [5, 5.41) is 14.3. The number of rotatable bonds is 6. The van der Waals surface area contributed by atoms with Crippen molar-refractivity contribution >= 4 is 17.3 Å². The molecule has 2 aliphatic rings. The summed E-state index contributed by atoms with van der Waals surface area (Å²) < 4.78 is 28.0. The number of amides is 1. The second-order valence-electron chi connectivity index (χ2n) is 11.5. The van der Waals surface area contributed by atoms with E-state index in [4.69, 9.17) is 9.47 Å². The van der Waals surface area contributed by atoms with Crippen LogP contribution >= 0.6 is 0 Å². The van der Waals surface area contributed by atoms with E-state index in [0.717, 1.165) is 16.7 Å². The van der Waals surface area contributed by atoms with E-state index in [0.29, 0.717) is 41.6 Å². The van der Waals surface area contributed by atoms with Gasteiger partial charge in [0.25, 0.3) is 0 Å². The number of allylic oxidation sites excluding steroid dienone is 1. The Morgan fingerprint density at radius 1 is 1.20 bits per heavy atom. The Balaban J connectivity index is 1.69. The van der Waals surface area contributed by atoms with Crippen LogP contribution in [-0.2, 0) is 16.0 Å². The van der Waals surface area contributed by atoms with E-state index in [2.05, 4.69) is 25.7 Å². The van der Waals surface area contributed by atoms with Gasteiger partial charge in [-0.25, -0.2) is 4.39 Å². The molecule has 1 atom stereocenters. The molecular weight excluding hydrogens is 507 g/mol. The van der Waals surface area contributed by atoms with Crippen LogP contribution in [0.1, 0.15) is 49.9 Å². The zero-order valence-corrected chi connectivity index (χ0v) is 23.4. The molecule has 0 radical (unpaired) electrons. The second-order valence-corrected chi connectivity index (χ2v) is 11.5. The number of ether oxygens (including phenoxy) is 2. The summed E-state index contributed by atoms with van der Waals surface area (Å²) in [6.45, 7) is 12.5. The highest BCUT2D eigenvalue weighted by atomic mass is 19.1. The van der Waals surface area contributed by atoms with Crippen LogP contribution in [0.2, 0.25) is 0 Å². The minimum absolute atomic E-state index is 0.00825. The minimum Gasteiger partial charge on any atom is -0.506 e. The van der Waals surface area contributed by atoms with E-state index in [-0.39, 0.29) is 35.7 Å². The number of phenolic OH excluding ortho intramolecular Hbond substituents is 1. The summed E-state index contributed by atoms with van der Waals surface area (Å²) in [6.07, 6.45) is 0.682. The molecule has 208 valence electrons. The van der Waals surface area contributed by atoms with Gasteiger partial charge in [-0.2, -0.15) is 0 Å². The molecule has 0 bridgehead atoms. The van der Waals surface area contributed by atoms with Crippen molar-refractivity contribution in [3.8, 4) is 11.5 Å². The maximum atomic E-state index is 16.0. The van der Waals surface area contributed by atoms with Gasteiger partial charge in [0.05, 0.1) is 24.4 Å². The molecule has 0 aliphatic carbocycles. The number of nitrogens with zero attached hydrogens (tertiary/aromatic N) is 1. The van der Waals surface area contributed by atoms with Gasteiger partial charge in [-0.05, 0) is 61.2 Å². The van der Waals surface area contributed by atoms with Crippen molar-refractivity contribution in [2.24, 2.45) is 5.41 Å². The zero-order valence-electron chi connectivity index (χ0n) is 23.4. The number of aryl methyl sites for hydroxylation is 1. The predicted molar refractivity (Wildman–Crippen MR) is 155 cm³/mol. The fraction of sp³-hybridized carbons (Fsp3) is 0.303. The van der Waals surface area contributed by atoms with Gasteiger partial charge in [0.1, 0.15) is 41.4 Å². The smallest absolute Gasteiger partial charge is 0.232 e. The number of phenols is 1. The van der Waals surface area contributed by atoms with Crippen molar-refractivity contribution in [3.63, 3.8) is 0 Å². The first kappa shape index (κ1) is 27.3. The number of nitrogens with one attached hydrogen (secondary N) is 1. The highest BCUT2D eigenvalue weighted by Gasteiger charge is 2.42. The van der Waals surface area contributed by atoms with Gasteiger partial charge in [0, 0.05) is 17.0 Å². The maximum absolute atomic E-state index is 16.0. The van der Waals surface area contributed by atoms with Crippen molar-refractivity contribution in [2.75, 3.05) is 23.4 Å². The SMILES string of the molecule is C=C(C)COc1ccc([C@H]2C3=C(CC(C)(C)CO3)Nc3c(O)cccc3N2C(=O)Cc2ccccc2C)c(F)c1. The van der Waals surface area contributed by atoms with Gasteiger partial charge in [0.2, 0.25) is 5.91 Å².